The van der Waals surface area contributed by atoms with Crippen LogP contribution >= 0.6 is 0 Å². The van der Waals surface area contributed by atoms with Gasteiger partial charge in [-0.2, -0.15) is 0 Å². The quantitative estimate of drug-likeness (QED) is 0.601. The molecule has 68 valence electrons. The van der Waals surface area contributed by atoms with E-state index in [4.69, 9.17) is 9.47 Å². The van der Waals surface area contributed by atoms with Gasteiger partial charge in [0.15, 0.2) is 0 Å². The van der Waals surface area contributed by atoms with Crippen LogP contribution in [0, 0.1) is 0 Å². The Balaban J connectivity index is 2.19. The highest BCUT2D eigenvalue weighted by atomic mass is 16.5. The van der Waals surface area contributed by atoms with Crippen LogP contribution in [-0.4, -0.2) is 12.2 Å². The highest BCUT2D eigenvalue weighted by Crippen LogP contribution is 2.23. The average Bonchev–Trinajstić information content (AvgIpc) is 2.09. The molecule has 2 heteroatoms. The molecule has 0 atom stereocenters. The molecule has 1 fully saturated rings. The van der Waals surface area contributed by atoms with Gasteiger partial charge in [-0.3, -0.25) is 0 Å². The van der Waals surface area contributed by atoms with Crippen molar-refractivity contribution in [1.29, 1.82) is 0 Å². The van der Waals surface area contributed by atoms with Gasteiger partial charge in [0.05, 0.1) is 24.7 Å². The molecule has 0 N–H and O–H groups in total. The zero-order chi connectivity index (χ0) is 8.81. The summed E-state index contributed by atoms with van der Waals surface area (Å²) in [6, 6.07) is 0. The van der Waals surface area contributed by atoms with E-state index in [1.807, 2.05) is 0 Å². The molecule has 0 aliphatic heterocycles. The van der Waals surface area contributed by atoms with E-state index in [2.05, 4.69) is 13.2 Å². The van der Waals surface area contributed by atoms with Crippen LogP contribution in [0.25, 0.3) is 0 Å². The fourth-order valence-electron chi connectivity index (χ4n) is 1.58. The van der Waals surface area contributed by atoms with Crippen molar-refractivity contribution >= 4 is 0 Å². The summed E-state index contributed by atoms with van der Waals surface area (Å²) in [6.07, 6.45) is 8.00. The maximum atomic E-state index is 5.29. The van der Waals surface area contributed by atoms with Crippen molar-refractivity contribution < 1.29 is 9.47 Å². The minimum absolute atomic E-state index is 0.354. The van der Waals surface area contributed by atoms with Gasteiger partial charge in [-0.25, -0.2) is 0 Å². The lowest BCUT2D eigenvalue weighted by Crippen LogP contribution is -2.24. The molecule has 0 bridgehead atoms. The van der Waals surface area contributed by atoms with Crippen molar-refractivity contribution in [2.75, 3.05) is 0 Å². The zero-order valence-corrected chi connectivity index (χ0v) is 7.37. The number of ether oxygens (including phenoxy) is 2. The Hall–Kier alpha value is -0.920. The van der Waals surface area contributed by atoms with Gasteiger partial charge < -0.3 is 9.47 Å². The summed E-state index contributed by atoms with van der Waals surface area (Å²) in [5.41, 5.74) is 0. The first kappa shape index (κ1) is 9.17. The first-order chi connectivity index (χ1) is 5.86. The van der Waals surface area contributed by atoms with Gasteiger partial charge in [0, 0.05) is 0 Å². The second kappa shape index (κ2) is 4.86. The summed E-state index contributed by atoms with van der Waals surface area (Å²) in [5, 5.41) is 0. The Bertz CT molecular complexity index is 128. The molecule has 12 heavy (non-hydrogen) atoms. The lowest BCUT2D eigenvalue weighted by Gasteiger charge is -2.27. The third kappa shape index (κ3) is 2.61. The molecular weight excluding hydrogens is 152 g/mol. The van der Waals surface area contributed by atoms with Crippen molar-refractivity contribution in [1.82, 2.24) is 0 Å². The van der Waals surface area contributed by atoms with Crippen LogP contribution in [0.3, 0.4) is 0 Å². The van der Waals surface area contributed by atoms with Crippen molar-refractivity contribution in [2.45, 2.75) is 37.9 Å². The van der Waals surface area contributed by atoms with Gasteiger partial charge in [-0.05, 0) is 25.7 Å². The third-order valence-corrected chi connectivity index (χ3v) is 2.20. The minimum atomic E-state index is 0.354. The van der Waals surface area contributed by atoms with Crippen LogP contribution in [-0.2, 0) is 9.47 Å². The molecule has 0 saturated heterocycles. The normalized spacial score (nSPS) is 29.0. The minimum Gasteiger partial charge on any atom is -0.499 e. The Labute approximate surface area is 73.9 Å². The van der Waals surface area contributed by atoms with Gasteiger partial charge in [-0.1, -0.05) is 13.2 Å². The van der Waals surface area contributed by atoms with Crippen LogP contribution in [0.5, 0.6) is 0 Å². The van der Waals surface area contributed by atoms with Gasteiger partial charge >= 0.3 is 0 Å². The Morgan fingerprint density at radius 1 is 0.833 bits per heavy atom. The molecule has 0 heterocycles. The fraction of sp³-hybridized carbons (Fsp3) is 0.600. The summed E-state index contributed by atoms with van der Waals surface area (Å²) >= 11 is 0. The number of rotatable bonds is 4. The van der Waals surface area contributed by atoms with E-state index in [-0.39, 0.29) is 0 Å². The van der Waals surface area contributed by atoms with Crippen LogP contribution in [0.1, 0.15) is 25.7 Å². The first-order valence-corrected chi connectivity index (χ1v) is 4.39. The predicted octanol–water partition coefficient (Wildman–Crippen LogP) is 2.62. The van der Waals surface area contributed by atoms with Crippen LogP contribution in [0.4, 0.5) is 0 Å². The zero-order valence-electron chi connectivity index (χ0n) is 7.37. The summed E-state index contributed by atoms with van der Waals surface area (Å²) in [7, 11) is 0. The van der Waals surface area contributed by atoms with E-state index < -0.39 is 0 Å². The molecule has 1 rings (SSSR count). The van der Waals surface area contributed by atoms with E-state index in [0.29, 0.717) is 12.2 Å². The second-order valence-electron chi connectivity index (χ2n) is 3.00. The van der Waals surface area contributed by atoms with Crippen molar-refractivity contribution in [3.63, 3.8) is 0 Å². The van der Waals surface area contributed by atoms with E-state index in [9.17, 15) is 0 Å². The van der Waals surface area contributed by atoms with Crippen molar-refractivity contribution in [3.8, 4) is 0 Å². The molecule has 1 aliphatic carbocycles. The van der Waals surface area contributed by atoms with Crippen molar-refractivity contribution in [2.24, 2.45) is 0 Å². The Kier molecular flexibility index (Phi) is 3.71. The lowest BCUT2D eigenvalue weighted by atomic mass is 9.95. The predicted molar refractivity (Wildman–Crippen MR) is 48.6 cm³/mol. The number of hydrogen-bond acceptors (Lipinski definition) is 2. The summed E-state index contributed by atoms with van der Waals surface area (Å²) in [4.78, 5) is 0. The van der Waals surface area contributed by atoms with E-state index in [1.165, 1.54) is 12.5 Å². The van der Waals surface area contributed by atoms with Crippen LogP contribution in [0.2, 0.25) is 0 Å². The van der Waals surface area contributed by atoms with Crippen LogP contribution in [0.15, 0.2) is 25.7 Å². The highest BCUT2D eigenvalue weighted by Gasteiger charge is 2.21. The smallest absolute Gasteiger partial charge is 0.0980 e. The average molecular weight is 168 g/mol. The maximum absolute atomic E-state index is 5.29. The molecule has 0 unspecified atom stereocenters. The van der Waals surface area contributed by atoms with Gasteiger partial charge in [-0.15, -0.1) is 0 Å². The first-order valence-electron chi connectivity index (χ1n) is 4.39. The van der Waals surface area contributed by atoms with Crippen molar-refractivity contribution in [3.05, 3.63) is 25.7 Å². The molecule has 0 amide bonds. The molecule has 0 aromatic rings. The molecule has 0 radical (unpaired) electrons. The third-order valence-electron chi connectivity index (χ3n) is 2.20. The van der Waals surface area contributed by atoms with Gasteiger partial charge in [0.2, 0.25) is 0 Å². The molecule has 1 saturated carbocycles. The summed E-state index contributed by atoms with van der Waals surface area (Å²) < 4.78 is 10.6. The molecule has 0 spiro atoms. The second-order valence-corrected chi connectivity index (χ2v) is 3.00. The fourth-order valence-corrected chi connectivity index (χ4v) is 1.58. The molecule has 1 aliphatic rings. The summed E-state index contributed by atoms with van der Waals surface area (Å²) in [6.45, 7) is 7.08. The maximum Gasteiger partial charge on any atom is 0.0980 e. The molecular formula is C10H16O2. The molecule has 0 aromatic carbocycles. The Morgan fingerprint density at radius 3 is 1.42 bits per heavy atom. The number of hydrogen-bond donors (Lipinski definition) is 0. The molecule has 0 aromatic heterocycles. The van der Waals surface area contributed by atoms with Gasteiger partial charge in [0.25, 0.3) is 0 Å². The SMILES string of the molecule is C=COC1CCC(OC=C)CC1. The molecule has 2 nitrogen and oxygen atoms in total. The summed E-state index contributed by atoms with van der Waals surface area (Å²) in [5.74, 6) is 0. The van der Waals surface area contributed by atoms with Crippen LogP contribution < -0.4 is 0 Å². The van der Waals surface area contributed by atoms with E-state index in [1.54, 1.807) is 0 Å². The van der Waals surface area contributed by atoms with Gasteiger partial charge in [0.1, 0.15) is 0 Å². The topological polar surface area (TPSA) is 18.5 Å². The van der Waals surface area contributed by atoms with E-state index >= 15 is 0 Å². The van der Waals surface area contributed by atoms with E-state index in [0.717, 1.165) is 25.7 Å². The standard InChI is InChI=1S/C10H16O2/c1-3-11-9-5-7-10(8-6-9)12-4-2/h3-4,9-10H,1-2,5-8H2. The Morgan fingerprint density at radius 2 is 1.17 bits per heavy atom. The highest BCUT2D eigenvalue weighted by molar-refractivity contribution is 4.75. The monoisotopic (exact) mass is 168 g/mol. The lowest BCUT2D eigenvalue weighted by molar-refractivity contribution is 0.0360. The largest absolute Gasteiger partial charge is 0.499 e.